The molecule has 2 aromatic heterocycles. The standard InChI is InChI=1S/C15H17N5O4/c21-13(18-7-10-3-1-2-4-16-10)11-8-20(6-5-17-11)15-19-12(9-24-15)14(22)23/h1-4,9,11,17H,5-8H2,(H,18,21)(H,22,23)/t11-/m0/s1. The van der Waals surface area contributed by atoms with E-state index in [1.807, 2.05) is 18.2 Å². The van der Waals surface area contributed by atoms with Gasteiger partial charge in [-0.1, -0.05) is 6.07 Å². The number of carboxylic acid groups (broad SMARTS) is 1. The molecule has 9 heteroatoms. The third kappa shape index (κ3) is 3.69. The van der Waals surface area contributed by atoms with Gasteiger partial charge in [-0.15, -0.1) is 0 Å². The monoisotopic (exact) mass is 331 g/mol. The maximum atomic E-state index is 12.3. The molecular weight excluding hydrogens is 314 g/mol. The van der Waals surface area contributed by atoms with Crippen molar-refractivity contribution in [3.8, 4) is 0 Å². The molecule has 1 aliphatic rings. The van der Waals surface area contributed by atoms with E-state index in [1.54, 1.807) is 11.1 Å². The minimum Gasteiger partial charge on any atom is -0.476 e. The average Bonchev–Trinajstić information content (AvgIpc) is 3.11. The van der Waals surface area contributed by atoms with E-state index in [9.17, 15) is 9.59 Å². The van der Waals surface area contributed by atoms with Crippen LogP contribution in [-0.4, -0.2) is 52.6 Å². The number of rotatable bonds is 5. The summed E-state index contributed by atoms with van der Waals surface area (Å²) in [6.07, 6.45) is 2.76. The summed E-state index contributed by atoms with van der Waals surface area (Å²) >= 11 is 0. The van der Waals surface area contributed by atoms with Gasteiger partial charge in [-0.3, -0.25) is 9.78 Å². The number of aromatic carboxylic acids is 1. The molecule has 1 fully saturated rings. The Labute approximate surface area is 137 Å². The van der Waals surface area contributed by atoms with Crippen LogP contribution in [0.5, 0.6) is 0 Å². The molecule has 1 amide bonds. The maximum absolute atomic E-state index is 12.3. The lowest BCUT2D eigenvalue weighted by Gasteiger charge is -2.31. The van der Waals surface area contributed by atoms with Crippen LogP contribution in [0, 0.1) is 0 Å². The second-order valence-electron chi connectivity index (χ2n) is 5.31. The third-order valence-corrected chi connectivity index (χ3v) is 3.64. The molecule has 3 heterocycles. The summed E-state index contributed by atoms with van der Waals surface area (Å²) in [7, 11) is 0. The number of carbonyl (C=O) groups is 2. The fourth-order valence-corrected chi connectivity index (χ4v) is 2.41. The van der Waals surface area contributed by atoms with Crippen LogP contribution in [0.4, 0.5) is 6.01 Å². The number of hydrogen-bond donors (Lipinski definition) is 3. The number of anilines is 1. The van der Waals surface area contributed by atoms with Crippen LogP contribution in [0.2, 0.25) is 0 Å². The molecule has 1 atom stereocenters. The molecule has 0 spiro atoms. The lowest BCUT2D eigenvalue weighted by atomic mass is 10.2. The molecule has 0 radical (unpaired) electrons. The van der Waals surface area contributed by atoms with Gasteiger partial charge in [-0.25, -0.2) is 4.79 Å². The second-order valence-corrected chi connectivity index (χ2v) is 5.31. The molecule has 9 nitrogen and oxygen atoms in total. The van der Waals surface area contributed by atoms with Gasteiger partial charge in [0.2, 0.25) is 5.91 Å². The Kier molecular flexibility index (Phi) is 4.71. The van der Waals surface area contributed by atoms with Gasteiger partial charge in [-0.2, -0.15) is 4.98 Å². The average molecular weight is 331 g/mol. The van der Waals surface area contributed by atoms with E-state index in [0.29, 0.717) is 26.2 Å². The van der Waals surface area contributed by atoms with Crippen molar-refractivity contribution in [1.82, 2.24) is 20.6 Å². The summed E-state index contributed by atoms with van der Waals surface area (Å²) in [6.45, 7) is 1.82. The number of oxazole rings is 1. The van der Waals surface area contributed by atoms with E-state index in [-0.39, 0.29) is 17.6 Å². The summed E-state index contributed by atoms with van der Waals surface area (Å²) in [4.78, 5) is 33.0. The number of aromatic nitrogens is 2. The number of pyridine rings is 1. The number of nitrogens with one attached hydrogen (secondary N) is 2. The number of amides is 1. The Morgan fingerprint density at radius 1 is 1.46 bits per heavy atom. The van der Waals surface area contributed by atoms with Crippen molar-refractivity contribution < 1.29 is 19.1 Å². The van der Waals surface area contributed by atoms with Gasteiger partial charge in [0.1, 0.15) is 12.3 Å². The molecule has 2 aromatic rings. The highest BCUT2D eigenvalue weighted by atomic mass is 16.4. The molecule has 0 aliphatic carbocycles. The second kappa shape index (κ2) is 7.09. The van der Waals surface area contributed by atoms with Gasteiger partial charge in [0.25, 0.3) is 6.01 Å². The van der Waals surface area contributed by atoms with Crippen molar-refractivity contribution in [2.45, 2.75) is 12.6 Å². The first-order chi connectivity index (χ1) is 11.6. The Morgan fingerprint density at radius 2 is 2.33 bits per heavy atom. The van der Waals surface area contributed by atoms with Crippen molar-refractivity contribution in [2.75, 3.05) is 24.5 Å². The summed E-state index contributed by atoms with van der Waals surface area (Å²) < 4.78 is 5.19. The first-order valence-electron chi connectivity index (χ1n) is 7.48. The largest absolute Gasteiger partial charge is 0.476 e. The number of carboxylic acids is 1. The zero-order valence-corrected chi connectivity index (χ0v) is 12.8. The Bertz CT molecular complexity index is 718. The quantitative estimate of drug-likeness (QED) is 0.692. The number of carbonyl (C=O) groups excluding carboxylic acids is 1. The van der Waals surface area contributed by atoms with E-state index < -0.39 is 12.0 Å². The van der Waals surface area contributed by atoms with Crippen molar-refractivity contribution in [3.63, 3.8) is 0 Å². The minimum atomic E-state index is -1.15. The van der Waals surface area contributed by atoms with E-state index in [4.69, 9.17) is 9.52 Å². The first kappa shape index (κ1) is 15.9. The van der Waals surface area contributed by atoms with E-state index >= 15 is 0 Å². The van der Waals surface area contributed by atoms with Crippen LogP contribution >= 0.6 is 0 Å². The van der Waals surface area contributed by atoms with Crippen LogP contribution < -0.4 is 15.5 Å². The van der Waals surface area contributed by atoms with Crippen molar-refractivity contribution in [3.05, 3.63) is 42.0 Å². The molecule has 1 saturated heterocycles. The molecule has 0 unspecified atom stereocenters. The molecule has 3 rings (SSSR count). The van der Waals surface area contributed by atoms with Crippen LogP contribution in [0.25, 0.3) is 0 Å². The number of hydrogen-bond acceptors (Lipinski definition) is 7. The fourth-order valence-electron chi connectivity index (χ4n) is 2.41. The Hall–Kier alpha value is -2.94. The lowest BCUT2D eigenvalue weighted by molar-refractivity contribution is -0.123. The van der Waals surface area contributed by atoms with Gasteiger partial charge in [0.15, 0.2) is 5.69 Å². The summed E-state index contributed by atoms with van der Waals surface area (Å²) in [5, 5.41) is 14.8. The van der Waals surface area contributed by atoms with Gasteiger partial charge in [0.05, 0.1) is 12.2 Å². The smallest absolute Gasteiger partial charge is 0.357 e. The number of nitrogens with zero attached hydrogens (tertiary/aromatic N) is 3. The predicted octanol–water partition coefficient (Wildman–Crippen LogP) is -0.138. The summed E-state index contributed by atoms with van der Waals surface area (Å²) in [5.41, 5.74) is 0.622. The molecule has 3 N–H and O–H groups in total. The van der Waals surface area contributed by atoms with Crippen molar-refractivity contribution in [2.24, 2.45) is 0 Å². The van der Waals surface area contributed by atoms with Crippen molar-refractivity contribution >= 4 is 17.9 Å². The molecular formula is C15H17N5O4. The SMILES string of the molecule is O=C(O)c1coc(N2CCN[C@H](C(=O)NCc3ccccn3)C2)n1. The van der Waals surface area contributed by atoms with E-state index in [2.05, 4.69) is 20.6 Å². The molecule has 1 aliphatic heterocycles. The Balaban J connectivity index is 1.58. The Morgan fingerprint density at radius 3 is 3.04 bits per heavy atom. The van der Waals surface area contributed by atoms with Crippen LogP contribution in [0.15, 0.2) is 35.1 Å². The van der Waals surface area contributed by atoms with E-state index in [1.165, 1.54) is 0 Å². The lowest BCUT2D eigenvalue weighted by Crippen LogP contribution is -2.57. The molecule has 0 aromatic carbocycles. The predicted molar refractivity (Wildman–Crippen MR) is 83.5 cm³/mol. The fraction of sp³-hybridized carbons (Fsp3) is 0.333. The minimum absolute atomic E-state index is 0.153. The van der Waals surface area contributed by atoms with Gasteiger partial charge in [-0.05, 0) is 12.1 Å². The first-order valence-corrected chi connectivity index (χ1v) is 7.48. The molecule has 0 bridgehead atoms. The molecule has 0 saturated carbocycles. The zero-order valence-electron chi connectivity index (χ0n) is 12.8. The van der Waals surface area contributed by atoms with Crippen LogP contribution in [0.1, 0.15) is 16.2 Å². The summed E-state index contributed by atoms with van der Waals surface area (Å²) in [5.74, 6) is -1.31. The highest BCUT2D eigenvalue weighted by Crippen LogP contribution is 2.15. The molecule has 126 valence electrons. The maximum Gasteiger partial charge on any atom is 0.357 e. The summed E-state index contributed by atoms with van der Waals surface area (Å²) in [6, 6.07) is 5.27. The van der Waals surface area contributed by atoms with Crippen LogP contribution in [0.3, 0.4) is 0 Å². The van der Waals surface area contributed by atoms with Gasteiger partial charge >= 0.3 is 5.97 Å². The van der Waals surface area contributed by atoms with Crippen LogP contribution in [-0.2, 0) is 11.3 Å². The topological polar surface area (TPSA) is 121 Å². The zero-order chi connectivity index (χ0) is 16.9. The highest BCUT2D eigenvalue weighted by molar-refractivity contribution is 5.85. The third-order valence-electron chi connectivity index (χ3n) is 3.64. The highest BCUT2D eigenvalue weighted by Gasteiger charge is 2.28. The number of piperazine rings is 1. The van der Waals surface area contributed by atoms with Gasteiger partial charge in [0, 0.05) is 25.8 Å². The molecule has 24 heavy (non-hydrogen) atoms. The van der Waals surface area contributed by atoms with E-state index in [0.717, 1.165) is 12.0 Å². The normalized spacial score (nSPS) is 17.5. The van der Waals surface area contributed by atoms with Crippen molar-refractivity contribution in [1.29, 1.82) is 0 Å². The van der Waals surface area contributed by atoms with Gasteiger partial charge < -0.3 is 25.1 Å².